The van der Waals surface area contributed by atoms with E-state index in [2.05, 4.69) is 37.4 Å². The summed E-state index contributed by atoms with van der Waals surface area (Å²) in [6.07, 6.45) is 3.16. The van der Waals surface area contributed by atoms with E-state index in [9.17, 15) is 0 Å². The molecule has 2 aromatic rings. The first kappa shape index (κ1) is 14.3. The molecule has 1 saturated heterocycles. The molecular formula is C14H17BrClN3O. The van der Waals surface area contributed by atoms with E-state index in [0.717, 1.165) is 41.0 Å². The fraction of sp³-hybridized carbons (Fsp3) is 0.571. The van der Waals surface area contributed by atoms with E-state index in [1.165, 1.54) is 0 Å². The smallest absolute Gasteiger partial charge is 0.160 e. The lowest BCUT2D eigenvalue weighted by Gasteiger charge is -2.17. The van der Waals surface area contributed by atoms with Crippen LogP contribution in [0.5, 0.6) is 0 Å². The molecule has 20 heavy (non-hydrogen) atoms. The van der Waals surface area contributed by atoms with Crippen LogP contribution in [0.4, 0.5) is 0 Å². The molecule has 108 valence electrons. The highest BCUT2D eigenvalue weighted by Gasteiger charge is 2.27. The molecule has 0 N–H and O–H groups in total. The van der Waals surface area contributed by atoms with Crippen LogP contribution in [-0.2, 0) is 11.3 Å². The predicted octanol–water partition coefficient (Wildman–Crippen LogP) is 3.92. The molecule has 3 atom stereocenters. The number of fused-ring (bicyclic) bond motifs is 1. The minimum absolute atomic E-state index is 0.138. The lowest BCUT2D eigenvalue weighted by atomic mass is 10.0. The third-order valence-electron chi connectivity index (χ3n) is 3.89. The summed E-state index contributed by atoms with van der Waals surface area (Å²) < 4.78 is 8.73. The van der Waals surface area contributed by atoms with Crippen molar-refractivity contribution in [2.45, 2.75) is 38.3 Å². The number of hydrogen-bond acceptors (Lipinski definition) is 3. The van der Waals surface area contributed by atoms with Crippen LogP contribution in [0.2, 0.25) is 0 Å². The number of halogens is 2. The van der Waals surface area contributed by atoms with Crippen LogP contribution >= 0.6 is 27.5 Å². The molecule has 6 heteroatoms. The Kier molecular flexibility index (Phi) is 4.02. The van der Waals surface area contributed by atoms with Gasteiger partial charge in [-0.25, -0.2) is 9.97 Å². The number of imidazole rings is 1. The van der Waals surface area contributed by atoms with Gasteiger partial charge in [0.15, 0.2) is 5.65 Å². The molecule has 0 amide bonds. The summed E-state index contributed by atoms with van der Waals surface area (Å²) in [7, 11) is 0. The lowest BCUT2D eigenvalue weighted by molar-refractivity contribution is 0.102. The van der Waals surface area contributed by atoms with Crippen LogP contribution in [0.15, 0.2) is 16.7 Å². The molecule has 2 aromatic heterocycles. The van der Waals surface area contributed by atoms with Crippen molar-refractivity contribution in [2.24, 2.45) is 5.92 Å². The van der Waals surface area contributed by atoms with Gasteiger partial charge >= 0.3 is 0 Å². The van der Waals surface area contributed by atoms with Gasteiger partial charge in [0, 0.05) is 29.7 Å². The predicted molar refractivity (Wildman–Crippen MR) is 83.0 cm³/mol. The summed E-state index contributed by atoms with van der Waals surface area (Å²) in [4.78, 5) is 9.14. The minimum Gasteiger partial charge on any atom is -0.378 e. The molecule has 0 radical (unpaired) electrons. The average molecular weight is 359 g/mol. The minimum atomic E-state index is -0.138. The molecule has 4 nitrogen and oxygen atoms in total. The van der Waals surface area contributed by atoms with Crippen LogP contribution in [-0.4, -0.2) is 27.2 Å². The van der Waals surface area contributed by atoms with Gasteiger partial charge < -0.3 is 9.30 Å². The van der Waals surface area contributed by atoms with E-state index in [0.29, 0.717) is 5.92 Å². The number of pyridine rings is 1. The fourth-order valence-electron chi connectivity index (χ4n) is 2.74. The Morgan fingerprint density at radius 3 is 3.05 bits per heavy atom. The fourth-order valence-corrected chi connectivity index (χ4v) is 3.22. The monoisotopic (exact) mass is 357 g/mol. The summed E-state index contributed by atoms with van der Waals surface area (Å²) in [5.74, 6) is 1.37. The Balaban J connectivity index is 2.04. The van der Waals surface area contributed by atoms with E-state index >= 15 is 0 Å². The van der Waals surface area contributed by atoms with E-state index in [4.69, 9.17) is 16.3 Å². The Bertz CT molecular complexity index is 628. The Morgan fingerprint density at radius 1 is 1.60 bits per heavy atom. The van der Waals surface area contributed by atoms with Crippen LogP contribution in [0.3, 0.4) is 0 Å². The Hall–Kier alpha value is -0.650. The first-order valence-corrected chi connectivity index (χ1v) is 8.06. The Morgan fingerprint density at radius 2 is 2.40 bits per heavy atom. The van der Waals surface area contributed by atoms with E-state index < -0.39 is 0 Å². The van der Waals surface area contributed by atoms with Gasteiger partial charge in [0.2, 0.25) is 0 Å². The largest absolute Gasteiger partial charge is 0.378 e. The van der Waals surface area contributed by atoms with E-state index in [-0.39, 0.29) is 11.5 Å². The molecule has 0 aromatic carbocycles. The maximum Gasteiger partial charge on any atom is 0.160 e. The first-order valence-electron chi connectivity index (χ1n) is 6.83. The number of hydrogen-bond donors (Lipinski definition) is 0. The van der Waals surface area contributed by atoms with Crippen molar-refractivity contribution in [3.63, 3.8) is 0 Å². The Labute approximate surface area is 131 Å². The number of alkyl halides is 1. The third kappa shape index (κ3) is 2.59. The van der Waals surface area contributed by atoms with Gasteiger partial charge in [-0.15, -0.1) is 11.6 Å². The molecule has 0 saturated carbocycles. The van der Waals surface area contributed by atoms with Crippen molar-refractivity contribution >= 4 is 38.7 Å². The summed E-state index contributed by atoms with van der Waals surface area (Å²) in [6.45, 7) is 5.77. The van der Waals surface area contributed by atoms with Gasteiger partial charge in [0.1, 0.15) is 11.3 Å². The van der Waals surface area contributed by atoms with Crippen LogP contribution in [0.1, 0.15) is 31.5 Å². The summed E-state index contributed by atoms with van der Waals surface area (Å²) >= 11 is 9.72. The standard InChI is InChI=1S/C14H17BrClN3O/c1-8(16)13-18-12-5-11(15)6-17-14(12)19(13)7-10-3-4-20-9(10)2/h5-6,8-10H,3-4,7H2,1-2H3. The molecule has 0 spiro atoms. The average Bonchev–Trinajstić information content (AvgIpc) is 2.95. The lowest BCUT2D eigenvalue weighted by Crippen LogP contribution is -2.19. The van der Waals surface area contributed by atoms with Gasteiger partial charge in [0.25, 0.3) is 0 Å². The van der Waals surface area contributed by atoms with Crippen molar-refractivity contribution in [1.82, 2.24) is 14.5 Å². The summed E-state index contributed by atoms with van der Waals surface area (Å²) in [5, 5.41) is -0.138. The molecular weight excluding hydrogens is 342 g/mol. The van der Waals surface area contributed by atoms with Crippen LogP contribution in [0, 0.1) is 5.92 Å². The highest BCUT2D eigenvalue weighted by molar-refractivity contribution is 9.10. The van der Waals surface area contributed by atoms with Crippen LogP contribution < -0.4 is 0 Å². The maximum absolute atomic E-state index is 6.29. The van der Waals surface area contributed by atoms with Gasteiger partial charge in [-0.05, 0) is 42.3 Å². The van der Waals surface area contributed by atoms with Crippen molar-refractivity contribution < 1.29 is 4.74 Å². The molecule has 3 rings (SSSR count). The van der Waals surface area contributed by atoms with Crippen molar-refractivity contribution in [2.75, 3.05) is 6.61 Å². The molecule has 1 fully saturated rings. The zero-order chi connectivity index (χ0) is 14.3. The third-order valence-corrected chi connectivity index (χ3v) is 4.52. The molecule has 0 bridgehead atoms. The van der Waals surface area contributed by atoms with Gasteiger partial charge in [-0.1, -0.05) is 0 Å². The SMILES string of the molecule is CC(Cl)c1nc2cc(Br)cnc2n1CC1CCOC1C. The van der Waals surface area contributed by atoms with E-state index in [1.54, 1.807) is 6.20 Å². The summed E-state index contributed by atoms with van der Waals surface area (Å²) in [6, 6.07) is 1.98. The molecule has 3 heterocycles. The van der Waals surface area contributed by atoms with Gasteiger partial charge in [-0.2, -0.15) is 0 Å². The van der Waals surface area contributed by atoms with Crippen molar-refractivity contribution in [3.05, 3.63) is 22.6 Å². The second-order valence-electron chi connectivity index (χ2n) is 5.32. The highest BCUT2D eigenvalue weighted by Crippen LogP contribution is 2.29. The molecule has 0 aliphatic carbocycles. The number of aromatic nitrogens is 3. The van der Waals surface area contributed by atoms with Crippen molar-refractivity contribution in [1.29, 1.82) is 0 Å². The number of rotatable bonds is 3. The zero-order valence-corrected chi connectivity index (χ0v) is 13.9. The maximum atomic E-state index is 6.29. The second kappa shape index (κ2) is 5.62. The van der Waals surface area contributed by atoms with Crippen molar-refractivity contribution in [3.8, 4) is 0 Å². The zero-order valence-electron chi connectivity index (χ0n) is 11.5. The number of ether oxygens (including phenoxy) is 1. The first-order chi connectivity index (χ1) is 9.56. The van der Waals surface area contributed by atoms with E-state index in [1.807, 2.05) is 13.0 Å². The van der Waals surface area contributed by atoms with Crippen LogP contribution in [0.25, 0.3) is 11.2 Å². The topological polar surface area (TPSA) is 39.9 Å². The quantitative estimate of drug-likeness (QED) is 0.781. The number of nitrogens with zero attached hydrogens (tertiary/aromatic N) is 3. The molecule has 1 aliphatic heterocycles. The normalized spacial score (nSPS) is 24.4. The van der Waals surface area contributed by atoms with Gasteiger partial charge in [-0.3, -0.25) is 0 Å². The van der Waals surface area contributed by atoms with Gasteiger partial charge in [0.05, 0.1) is 11.5 Å². The highest BCUT2D eigenvalue weighted by atomic mass is 79.9. The molecule has 3 unspecified atom stereocenters. The second-order valence-corrected chi connectivity index (χ2v) is 6.89. The molecule has 1 aliphatic rings. The summed E-state index contributed by atoms with van der Waals surface area (Å²) in [5.41, 5.74) is 1.78.